The zero-order valence-corrected chi connectivity index (χ0v) is 10.0. The van der Waals surface area contributed by atoms with Crippen LogP contribution in [0, 0.1) is 5.92 Å². The lowest BCUT2D eigenvalue weighted by molar-refractivity contribution is 0.176. The van der Waals surface area contributed by atoms with Gasteiger partial charge in [0.25, 0.3) is 0 Å². The molecule has 82 valence electrons. The average Bonchev–Trinajstić information content (AvgIpc) is 2.17. The minimum atomic E-state index is 0.845. The molecule has 15 heavy (non-hydrogen) atoms. The van der Waals surface area contributed by atoms with E-state index in [1.807, 2.05) is 12.1 Å². The largest absolute Gasteiger partial charge is 0.299 e. The van der Waals surface area contributed by atoms with Gasteiger partial charge >= 0.3 is 0 Å². The molecule has 1 heterocycles. The molecule has 1 aromatic rings. The highest BCUT2D eigenvalue weighted by molar-refractivity contribution is 6.30. The minimum Gasteiger partial charge on any atom is -0.299 e. The molecule has 0 saturated carbocycles. The van der Waals surface area contributed by atoms with Gasteiger partial charge in [0.1, 0.15) is 0 Å². The molecule has 0 bridgehead atoms. The smallest absolute Gasteiger partial charge is 0.0409 e. The van der Waals surface area contributed by atoms with Gasteiger partial charge in [-0.05, 0) is 43.0 Å². The van der Waals surface area contributed by atoms with E-state index in [0.717, 1.165) is 17.5 Å². The Balaban J connectivity index is 1.96. The molecule has 0 amide bonds. The molecule has 1 atom stereocenters. The number of halogens is 1. The molecule has 1 nitrogen and oxygen atoms in total. The summed E-state index contributed by atoms with van der Waals surface area (Å²) in [6, 6.07) is 8.20. The number of benzene rings is 1. The summed E-state index contributed by atoms with van der Waals surface area (Å²) in [5.74, 6) is 0.845. The third-order valence-corrected chi connectivity index (χ3v) is 3.27. The Labute approximate surface area is 97.0 Å². The van der Waals surface area contributed by atoms with Crippen LogP contribution in [0.5, 0.6) is 0 Å². The van der Waals surface area contributed by atoms with Gasteiger partial charge < -0.3 is 0 Å². The molecule has 0 unspecified atom stereocenters. The predicted molar refractivity (Wildman–Crippen MR) is 65.1 cm³/mol. The van der Waals surface area contributed by atoms with E-state index in [4.69, 9.17) is 11.6 Å². The second-order valence-corrected chi connectivity index (χ2v) is 5.05. The van der Waals surface area contributed by atoms with Gasteiger partial charge in [-0.2, -0.15) is 0 Å². The summed E-state index contributed by atoms with van der Waals surface area (Å²) in [4.78, 5) is 2.53. The third-order valence-electron chi connectivity index (χ3n) is 3.04. The van der Waals surface area contributed by atoms with Crippen molar-refractivity contribution in [3.63, 3.8) is 0 Å². The van der Waals surface area contributed by atoms with Crippen molar-refractivity contribution < 1.29 is 0 Å². The van der Waals surface area contributed by atoms with Crippen LogP contribution in [0.2, 0.25) is 5.02 Å². The van der Waals surface area contributed by atoms with E-state index in [9.17, 15) is 0 Å². The van der Waals surface area contributed by atoms with Crippen molar-refractivity contribution in [1.82, 2.24) is 4.90 Å². The van der Waals surface area contributed by atoms with Crippen molar-refractivity contribution in [2.75, 3.05) is 13.1 Å². The summed E-state index contributed by atoms with van der Waals surface area (Å²) in [5, 5.41) is 0.845. The molecule has 0 N–H and O–H groups in total. The van der Waals surface area contributed by atoms with Crippen molar-refractivity contribution in [2.24, 2.45) is 5.92 Å². The monoisotopic (exact) mass is 223 g/mol. The van der Waals surface area contributed by atoms with Gasteiger partial charge in [0.05, 0.1) is 0 Å². The first-order valence-electron chi connectivity index (χ1n) is 5.71. The molecule has 1 saturated heterocycles. The zero-order valence-electron chi connectivity index (χ0n) is 9.25. The highest BCUT2D eigenvalue weighted by atomic mass is 35.5. The standard InChI is InChI=1S/C13H18ClN/c1-11-4-3-7-15(9-11)10-12-5-2-6-13(14)8-12/h2,5-6,8,11H,3-4,7,9-10H2,1H3/t11-/m1/s1. The Bertz CT molecular complexity index is 324. The van der Waals surface area contributed by atoms with E-state index < -0.39 is 0 Å². The molecule has 1 aromatic carbocycles. The minimum absolute atomic E-state index is 0.845. The predicted octanol–water partition coefficient (Wildman–Crippen LogP) is 3.57. The molecule has 1 aliphatic rings. The summed E-state index contributed by atoms with van der Waals surface area (Å²) >= 11 is 5.97. The fourth-order valence-electron chi connectivity index (χ4n) is 2.32. The number of nitrogens with zero attached hydrogens (tertiary/aromatic N) is 1. The van der Waals surface area contributed by atoms with Gasteiger partial charge in [0, 0.05) is 18.1 Å². The molecule has 1 fully saturated rings. The van der Waals surface area contributed by atoms with Gasteiger partial charge in [-0.15, -0.1) is 0 Å². The van der Waals surface area contributed by atoms with Gasteiger partial charge in [-0.25, -0.2) is 0 Å². The maximum Gasteiger partial charge on any atom is 0.0409 e. The number of likely N-dealkylation sites (tertiary alicyclic amines) is 1. The zero-order chi connectivity index (χ0) is 10.7. The van der Waals surface area contributed by atoms with Gasteiger partial charge in [0.15, 0.2) is 0 Å². The van der Waals surface area contributed by atoms with E-state index in [1.54, 1.807) is 0 Å². The average molecular weight is 224 g/mol. The quantitative estimate of drug-likeness (QED) is 0.741. The van der Waals surface area contributed by atoms with Crippen LogP contribution in [0.15, 0.2) is 24.3 Å². The van der Waals surface area contributed by atoms with Crippen LogP contribution < -0.4 is 0 Å². The SMILES string of the molecule is C[C@@H]1CCCN(Cc2cccc(Cl)c2)C1. The number of hydrogen-bond donors (Lipinski definition) is 0. The van der Waals surface area contributed by atoms with Gasteiger partial charge in [-0.3, -0.25) is 4.90 Å². The van der Waals surface area contributed by atoms with Crippen LogP contribution in [0.3, 0.4) is 0 Å². The molecule has 2 rings (SSSR count). The van der Waals surface area contributed by atoms with E-state index in [-0.39, 0.29) is 0 Å². The fraction of sp³-hybridized carbons (Fsp3) is 0.538. The lowest BCUT2D eigenvalue weighted by Crippen LogP contribution is -2.33. The normalized spacial score (nSPS) is 22.9. The second kappa shape index (κ2) is 5.00. The number of rotatable bonds is 2. The van der Waals surface area contributed by atoms with Crippen molar-refractivity contribution in [1.29, 1.82) is 0 Å². The van der Waals surface area contributed by atoms with Crippen LogP contribution in [0.4, 0.5) is 0 Å². The van der Waals surface area contributed by atoms with Gasteiger partial charge in [-0.1, -0.05) is 30.7 Å². The summed E-state index contributed by atoms with van der Waals surface area (Å²) in [7, 11) is 0. The molecular formula is C13H18ClN. The summed E-state index contributed by atoms with van der Waals surface area (Å²) in [6.45, 7) is 5.85. The molecule has 2 heteroatoms. The lowest BCUT2D eigenvalue weighted by atomic mass is 10.00. The first-order valence-corrected chi connectivity index (χ1v) is 6.08. The summed E-state index contributed by atoms with van der Waals surface area (Å²) in [5.41, 5.74) is 1.33. The van der Waals surface area contributed by atoms with Crippen molar-refractivity contribution >= 4 is 11.6 Å². The Kier molecular flexibility index (Phi) is 3.66. The molecular weight excluding hydrogens is 206 g/mol. The molecule has 0 aromatic heterocycles. The first-order chi connectivity index (χ1) is 7.24. The fourth-order valence-corrected chi connectivity index (χ4v) is 2.54. The van der Waals surface area contributed by atoms with E-state index in [0.29, 0.717) is 0 Å². The molecule has 0 aliphatic carbocycles. The Morgan fingerprint density at radius 1 is 1.47 bits per heavy atom. The molecule has 1 aliphatic heterocycles. The van der Waals surface area contributed by atoms with Crippen LogP contribution >= 0.6 is 11.6 Å². The molecule has 0 spiro atoms. The van der Waals surface area contributed by atoms with Crippen LogP contribution in [0.1, 0.15) is 25.3 Å². The van der Waals surface area contributed by atoms with Crippen molar-refractivity contribution in [3.05, 3.63) is 34.9 Å². The first kappa shape index (κ1) is 11.0. The van der Waals surface area contributed by atoms with E-state index in [2.05, 4.69) is 24.0 Å². The number of piperidine rings is 1. The maximum atomic E-state index is 5.97. The maximum absolute atomic E-state index is 5.97. The van der Waals surface area contributed by atoms with Crippen molar-refractivity contribution in [3.8, 4) is 0 Å². The lowest BCUT2D eigenvalue weighted by Gasteiger charge is -2.30. The topological polar surface area (TPSA) is 3.24 Å². The van der Waals surface area contributed by atoms with E-state index >= 15 is 0 Å². The van der Waals surface area contributed by atoms with Crippen molar-refractivity contribution in [2.45, 2.75) is 26.3 Å². The van der Waals surface area contributed by atoms with Crippen LogP contribution in [-0.2, 0) is 6.54 Å². The summed E-state index contributed by atoms with van der Waals surface area (Å²) < 4.78 is 0. The highest BCUT2D eigenvalue weighted by Crippen LogP contribution is 2.19. The Hall–Kier alpha value is -0.530. The number of hydrogen-bond acceptors (Lipinski definition) is 1. The highest BCUT2D eigenvalue weighted by Gasteiger charge is 2.15. The van der Waals surface area contributed by atoms with Crippen LogP contribution in [-0.4, -0.2) is 18.0 Å². The summed E-state index contributed by atoms with van der Waals surface area (Å²) in [6.07, 6.45) is 2.72. The molecule has 0 radical (unpaired) electrons. The van der Waals surface area contributed by atoms with E-state index in [1.165, 1.54) is 31.5 Å². The van der Waals surface area contributed by atoms with Crippen LogP contribution in [0.25, 0.3) is 0 Å². The Morgan fingerprint density at radius 2 is 2.33 bits per heavy atom. The Morgan fingerprint density at radius 3 is 3.07 bits per heavy atom. The third kappa shape index (κ3) is 3.22. The van der Waals surface area contributed by atoms with Gasteiger partial charge in [0.2, 0.25) is 0 Å². The second-order valence-electron chi connectivity index (χ2n) is 4.61.